The molecular weight excluding hydrogens is 428 g/mol. The summed E-state index contributed by atoms with van der Waals surface area (Å²) in [7, 11) is 0. The number of esters is 1. The fourth-order valence-electron chi connectivity index (χ4n) is 3.11. The van der Waals surface area contributed by atoms with Crippen molar-refractivity contribution in [2.24, 2.45) is 0 Å². The van der Waals surface area contributed by atoms with Gasteiger partial charge < -0.3 is 20.1 Å². The first-order valence-electron chi connectivity index (χ1n) is 10.3. The van der Waals surface area contributed by atoms with Gasteiger partial charge in [0.2, 0.25) is 0 Å². The number of carboxylic acid groups (broad SMARTS) is 1. The molecule has 0 saturated carbocycles. The van der Waals surface area contributed by atoms with Crippen molar-refractivity contribution >= 4 is 23.5 Å². The molecule has 0 spiro atoms. The first-order chi connectivity index (χ1) is 15.2. The van der Waals surface area contributed by atoms with Gasteiger partial charge in [0.15, 0.2) is 11.6 Å². The van der Waals surface area contributed by atoms with Crippen LogP contribution in [0.15, 0.2) is 48.5 Å². The van der Waals surface area contributed by atoms with Crippen LogP contribution in [-0.4, -0.2) is 50.0 Å². The molecule has 0 radical (unpaired) electrons. The number of carbonyl (C=O) groups excluding carboxylic acids is 3. The third-order valence-electron chi connectivity index (χ3n) is 4.86. The minimum absolute atomic E-state index is 0.182. The number of carboxylic acids is 1. The van der Waals surface area contributed by atoms with E-state index in [0.717, 1.165) is 0 Å². The topological polar surface area (TPSA) is 138 Å². The van der Waals surface area contributed by atoms with E-state index in [1.807, 2.05) is 0 Å². The van der Waals surface area contributed by atoms with Crippen LogP contribution in [0, 0.1) is 0 Å². The van der Waals surface area contributed by atoms with Gasteiger partial charge >= 0.3 is 11.9 Å². The Labute approximate surface area is 191 Å². The van der Waals surface area contributed by atoms with E-state index in [4.69, 9.17) is 9.84 Å². The van der Waals surface area contributed by atoms with Crippen LogP contribution in [-0.2, 0) is 20.7 Å². The molecule has 2 aromatic carbocycles. The summed E-state index contributed by atoms with van der Waals surface area (Å²) in [4.78, 5) is 47.3. The molecule has 8 nitrogen and oxygen atoms in total. The molecule has 0 amide bonds. The van der Waals surface area contributed by atoms with Crippen molar-refractivity contribution in [1.29, 1.82) is 0 Å². The van der Waals surface area contributed by atoms with Gasteiger partial charge in [-0.1, -0.05) is 48.5 Å². The highest BCUT2D eigenvalue weighted by molar-refractivity contribution is 6.02. The molecule has 0 aliphatic heterocycles. The molecule has 0 aliphatic carbocycles. The third-order valence-corrected chi connectivity index (χ3v) is 4.86. The van der Waals surface area contributed by atoms with Crippen molar-refractivity contribution in [1.82, 2.24) is 0 Å². The van der Waals surface area contributed by atoms with Crippen LogP contribution in [0.3, 0.4) is 0 Å². The quantitative estimate of drug-likeness (QED) is 0.282. The Kier molecular flexibility index (Phi) is 7.89. The SMILES string of the molecule is CC(C)(O)C(=O)c1ccc(CC(OC(=O)CC(=O)O)c2ccc(C(=O)C(C)(C)O)cc2)cc1. The van der Waals surface area contributed by atoms with Crippen LogP contribution in [0.5, 0.6) is 0 Å². The normalized spacial score (nSPS) is 12.7. The minimum Gasteiger partial charge on any atom is -0.481 e. The highest BCUT2D eigenvalue weighted by atomic mass is 16.5. The van der Waals surface area contributed by atoms with E-state index >= 15 is 0 Å². The van der Waals surface area contributed by atoms with Gasteiger partial charge in [-0.25, -0.2) is 0 Å². The lowest BCUT2D eigenvalue weighted by Crippen LogP contribution is -2.31. The zero-order valence-corrected chi connectivity index (χ0v) is 19.0. The molecule has 3 N–H and O–H groups in total. The second kappa shape index (κ2) is 10.1. The van der Waals surface area contributed by atoms with Crippen LogP contribution in [0.4, 0.5) is 0 Å². The fourth-order valence-corrected chi connectivity index (χ4v) is 3.11. The molecule has 0 heterocycles. The molecule has 0 aliphatic rings. The minimum atomic E-state index is -1.54. The summed E-state index contributed by atoms with van der Waals surface area (Å²) >= 11 is 0. The predicted octanol–water partition coefficient (Wildman–Crippen LogP) is 2.90. The van der Waals surface area contributed by atoms with E-state index in [2.05, 4.69) is 0 Å². The van der Waals surface area contributed by atoms with Gasteiger partial charge in [0.1, 0.15) is 23.7 Å². The summed E-state index contributed by atoms with van der Waals surface area (Å²) in [6, 6.07) is 12.6. The third kappa shape index (κ3) is 7.34. The van der Waals surface area contributed by atoms with Crippen LogP contribution in [0.1, 0.15) is 72.1 Å². The van der Waals surface area contributed by atoms with Gasteiger partial charge in [-0.15, -0.1) is 0 Å². The lowest BCUT2D eigenvalue weighted by atomic mass is 9.93. The Hall–Kier alpha value is -3.36. The van der Waals surface area contributed by atoms with E-state index in [9.17, 15) is 29.4 Å². The lowest BCUT2D eigenvalue weighted by Gasteiger charge is -2.20. The molecule has 0 aromatic heterocycles. The van der Waals surface area contributed by atoms with Crippen LogP contribution in [0.25, 0.3) is 0 Å². The first kappa shape index (κ1) is 25.9. The van der Waals surface area contributed by atoms with Crippen molar-refractivity contribution in [3.8, 4) is 0 Å². The summed E-state index contributed by atoms with van der Waals surface area (Å²) in [6.45, 7) is 5.55. The molecular formula is C25H28O8. The highest BCUT2D eigenvalue weighted by Gasteiger charge is 2.27. The fraction of sp³-hybridized carbons (Fsp3) is 0.360. The van der Waals surface area contributed by atoms with E-state index in [-0.39, 0.29) is 12.0 Å². The van der Waals surface area contributed by atoms with Crippen molar-refractivity contribution in [2.45, 2.75) is 57.8 Å². The van der Waals surface area contributed by atoms with Gasteiger partial charge in [-0.05, 0) is 38.8 Å². The zero-order chi connectivity index (χ0) is 25.0. The second-order valence-electron chi connectivity index (χ2n) is 8.85. The number of hydrogen-bond acceptors (Lipinski definition) is 7. The van der Waals surface area contributed by atoms with E-state index in [1.165, 1.54) is 39.8 Å². The number of hydrogen-bond donors (Lipinski definition) is 3. The van der Waals surface area contributed by atoms with Gasteiger partial charge in [-0.3, -0.25) is 19.2 Å². The van der Waals surface area contributed by atoms with E-state index < -0.39 is 47.2 Å². The van der Waals surface area contributed by atoms with Gasteiger partial charge in [-0.2, -0.15) is 0 Å². The Morgan fingerprint density at radius 3 is 1.61 bits per heavy atom. The molecule has 2 rings (SSSR count). The average molecular weight is 456 g/mol. The molecule has 2 aromatic rings. The number of Topliss-reactive ketones (excluding diaryl/α,β-unsaturated/α-hetero) is 2. The maximum atomic E-state index is 12.2. The van der Waals surface area contributed by atoms with Crippen molar-refractivity contribution in [3.63, 3.8) is 0 Å². The molecule has 1 atom stereocenters. The maximum absolute atomic E-state index is 12.2. The summed E-state index contributed by atoms with van der Waals surface area (Å²) in [5.41, 5.74) is -1.24. The molecule has 1 unspecified atom stereocenters. The summed E-state index contributed by atoms with van der Waals surface area (Å²) in [6.07, 6.45) is -1.47. The summed E-state index contributed by atoms with van der Waals surface area (Å²) in [5.74, 6) is -3.15. The summed E-state index contributed by atoms with van der Waals surface area (Å²) in [5, 5.41) is 28.7. The molecule has 8 heteroatoms. The van der Waals surface area contributed by atoms with E-state index in [0.29, 0.717) is 16.7 Å². The predicted molar refractivity (Wildman–Crippen MR) is 119 cm³/mol. The molecule has 0 saturated heterocycles. The molecule has 176 valence electrons. The van der Waals surface area contributed by atoms with Crippen LogP contribution in [0.2, 0.25) is 0 Å². The Morgan fingerprint density at radius 1 is 0.788 bits per heavy atom. The van der Waals surface area contributed by atoms with Gasteiger partial charge in [0, 0.05) is 17.5 Å². The smallest absolute Gasteiger partial charge is 0.317 e. The zero-order valence-electron chi connectivity index (χ0n) is 19.0. The number of rotatable bonds is 10. The van der Waals surface area contributed by atoms with Crippen molar-refractivity contribution in [3.05, 3.63) is 70.8 Å². The molecule has 0 fully saturated rings. The van der Waals surface area contributed by atoms with Gasteiger partial charge in [0.05, 0.1) is 0 Å². The largest absolute Gasteiger partial charge is 0.481 e. The number of carbonyl (C=O) groups is 4. The number of ketones is 2. The molecule has 0 bridgehead atoms. The molecule has 33 heavy (non-hydrogen) atoms. The second-order valence-corrected chi connectivity index (χ2v) is 8.85. The van der Waals surface area contributed by atoms with Crippen LogP contribution >= 0.6 is 0 Å². The monoisotopic (exact) mass is 456 g/mol. The standard InChI is InChI=1S/C25H28O8/c1-24(2,31)22(29)17-7-5-15(6-8-17)13-19(33-21(28)14-20(26)27)16-9-11-18(12-10-16)23(30)25(3,4)32/h5-12,19,31-32H,13-14H2,1-4H3,(H,26,27). The number of aliphatic hydroxyl groups is 2. The Balaban J connectivity index is 2.29. The van der Waals surface area contributed by atoms with Crippen LogP contribution < -0.4 is 0 Å². The van der Waals surface area contributed by atoms with Crippen molar-refractivity contribution in [2.75, 3.05) is 0 Å². The van der Waals surface area contributed by atoms with Gasteiger partial charge in [0.25, 0.3) is 0 Å². The Bertz CT molecular complexity index is 1020. The van der Waals surface area contributed by atoms with E-state index in [1.54, 1.807) is 36.4 Å². The maximum Gasteiger partial charge on any atom is 0.317 e. The lowest BCUT2D eigenvalue weighted by molar-refractivity contribution is -0.155. The number of benzene rings is 2. The Morgan fingerprint density at radius 2 is 1.21 bits per heavy atom. The highest BCUT2D eigenvalue weighted by Crippen LogP contribution is 2.25. The number of ether oxygens (including phenoxy) is 1. The number of aliphatic carboxylic acids is 1. The average Bonchev–Trinajstić information content (AvgIpc) is 2.71. The first-order valence-corrected chi connectivity index (χ1v) is 10.3. The summed E-state index contributed by atoms with van der Waals surface area (Å²) < 4.78 is 5.39. The van der Waals surface area contributed by atoms with Crippen molar-refractivity contribution < 1.29 is 39.2 Å².